The second kappa shape index (κ2) is 7.34. The van der Waals surface area contributed by atoms with Crippen molar-refractivity contribution in [1.29, 1.82) is 0 Å². The zero-order valence-electron chi connectivity index (χ0n) is 11.0. The predicted octanol–water partition coefficient (Wildman–Crippen LogP) is 1.63. The first-order valence-corrected chi connectivity index (χ1v) is 8.42. The Labute approximate surface area is 106 Å². The maximum Gasteiger partial charge on any atom is 0.211 e. The largest absolute Gasteiger partial charge is 0.314 e. The van der Waals surface area contributed by atoms with E-state index in [0.717, 1.165) is 25.8 Å². The van der Waals surface area contributed by atoms with Crippen molar-refractivity contribution in [3.63, 3.8) is 0 Å². The first kappa shape index (κ1) is 14.9. The molecule has 1 rings (SSSR count). The minimum Gasteiger partial charge on any atom is -0.314 e. The second-order valence-corrected chi connectivity index (χ2v) is 6.94. The molecule has 5 heteroatoms. The minimum atomic E-state index is -3.08. The number of sulfonamides is 1. The predicted molar refractivity (Wildman–Crippen MR) is 71.6 cm³/mol. The van der Waals surface area contributed by atoms with Gasteiger partial charge in [0, 0.05) is 12.1 Å². The molecule has 4 nitrogen and oxygen atoms in total. The molecule has 2 N–H and O–H groups in total. The zero-order chi connectivity index (χ0) is 12.7. The van der Waals surface area contributed by atoms with Gasteiger partial charge in [0.25, 0.3) is 0 Å². The van der Waals surface area contributed by atoms with Crippen molar-refractivity contribution in [1.82, 2.24) is 10.0 Å². The van der Waals surface area contributed by atoms with Gasteiger partial charge < -0.3 is 5.32 Å². The van der Waals surface area contributed by atoms with Crippen LogP contribution in [0.3, 0.4) is 0 Å². The number of nitrogens with one attached hydrogen (secondary N) is 2. The van der Waals surface area contributed by atoms with Crippen LogP contribution in [0, 0.1) is 0 Å². The SMILES string of the molecule is CCCCC(C)NS(=O)(=O)CCCNC1CC1. The standard InChI is InChI=1S/C12H26N2O2S/c1-3-4-6-11(2)14-17(15,16)10-5-9-13-12-7-8-12/h11-14H,3-10H2,1-2H3. The van der Waals surface area contributed by atoms with E-state index in [1.807, 2.05) is 6.92 Å². The molecule has 0 radical (unpaired) electrons. The summed E-state index contributed by atoms with van der Waals surface area (Å²) >= 11 is 0. The van der Waals surface area contributed by atoms with Crippen LogP contribution in [-0.4, -0.2) is 32.8 Å². The van der Waals surface area contributed by atoms with Crippen molar-refractivity contribution in [2.24, 2.45) is 0 Å². The molecule has 0 aromatic rings. The van der Waals surface area contributed by atoms with Gasteiger partial charge in [-0.2, -0.15) is 0 Å². The Kier molecular flexibility index (Phi) is 6.44. The van der Waals surface area contributed by atoms with Gasteiger partial charge in [-0.15, -0.1) is 0 Å². The van der Waals surface area contributed by atoms with E-state index in [2.05, 4.69) is 17.0 Å². The lowest BCUT2D eigenvalue weighted by molar-refractivity contribution is 0.531. The van der Waals surface area contributed by atoms with E-state index in [0.29, 0.717) is 12.5 Å². The van der Waals surface area contributed by atoms with Gasteiger partial charge in [-0.1, -0.05) is 19.8 Å². The van der Waals surface area contributed by atoms with Gasteiger partial charge >= 0.3 is 0 Å². The molecule has 102 valence electrons. The van der Waals surface area contributed by atoms with Crippen molar-refractivity contribution in [3.05, 3.63) is 0 Å². The van der Waals surface area contributed by atoms with Crippen LogP contribution < -0.4 is 10.0 Å². The first-order valence-electron chi connectivity index (χ1n) is 6.77. The Morgan fingerprint density at radius 2 is 2.00 bits per heavy atom. The van der Waals surface area contributed by atoms with Crippen LogP contribution in [0.5, 0.6) is 0 Å². The zero-order valence-corrected chi connectivity index (χ0v) is 11.9. The number of hydrogen-bond donors (Lipinski definition) is 2. The third kappa shape index (κ3) is 7.73. The molecule has 0 spiro atoms. The van der Waals surface area contributed by atoms with Gasteiger partial charge in [0.1, 0.15) is 0 Å². The van der Waals surface area contributed by atoms with Gasteiger partial charge in [0.15, 0.2) is 0 Å². The Balaban J connectivity index is 2.10. The van der Waals surface area contributed by atoms with Crippen molar-refractivity contribution in [3.8, 4) is 0 Å². The van der Waals surface area contributed by atoms with Gasteiger partial charge in [0.05, 0.1) is 5.75 Å². The molecule has 0 aromatic heterocycles. The van der Waals surface area contributed by atoms with E-state index >= 15 is 0 Å². The molecule has 1 aliphatic rings. The molecule has 17 heavy (non-hydrogen) atoms. The van der Waals surface area contributed by atoms with Crippen LogP contribution in [-0.2, 0) is 10.0 Å². The summed E-state index contributed by atoms with van der Waals surface area (Å²) in [5, 5.41) is 3.32. The van der Waals surface area contributed by atoms with E-state index in [-0.39, 0.29) is 11.8 Å². The lowest BCUT2D eigenvalue weighted by Gasteiger charge is -2.13. The molecule has 0 heterocycles. The van der Waals surface area contributed by atoms with E-state index in [1.54, 1.807) is 0 Å². The van der Waals surface area contributed by atoms with E-state index in [1.165, 1.54) is 12.8 Å². The smallest absolute Gasteiger partial charge is 0.211 e. The van der Waals surface area contributed by atoms with Crippen LogP contribution >= 0.6 is 0 Å². The summed E-state index contributed by atoms with van der Waals surface area (Å²) in [6, 6.07) is 0.727. The second-order valence-electron chi connectivity index (χ2n) is 5.06. The van der Waals surface area contributed by atoms with Gasteiger partial charge in [-0.3, -0.25) is 0 Å². The molecule has 0 aromatic carbocycles. The summed E-state index contributed by atoms with van der Waals surface area (Å²) in [5.41, 5.74) is 0. The highest BCUT2D eigenvalue weighted by Gasteiger charge is 2.20. The topological polar surface area (TPSA) is 58.2 Å². The number of unbranched alkanes of at least 4 members (excludes halogenated alkanes) is 1. The van der Waals surface area contributed by atoms with Crippen LogP contribution in [0.15, 0.2) is 0 Å². The van der Waals surface area contributed by atoms with Gasteiger partial charge in [-0.05, 0) is 39.2 Å². The monoisotopic (exact) mass is 262 g/mol. The fraction of sp³-hybridized carbons (Fsp3) is 1.00. The average Bonchev–Trinajstić information content (AvgIpc) is 3.05. The third-order valence-electron chi connectivity index (χ3n) is 2.97. The van der Waals surface area contributed by atoms with Crippen molar-refractivity contribution in [2.45, 2.75) is 64.5 Å². The highest BCUT2D eigenvalue weighted by atomic mass is 32.2. The first-order chi connectivity index (χ1) is 8.03. The minimum absolute atomic E-state index is 0.0661. The van der Waals surface area contributed by atoms with E-state index in [9.17, 15) is 8.42 Å². The quantitative estimate of drug-likeness (QED) is 0.588. The number of rotatable bonds is 10. The van der Waals surface area contributed by atoms with Crippen molar-refractivity contribution >= 4 is 10.0 Å². The van der Waals surface area contributed by atoms with Crippen LogP contribution in [0.4, 0.5) is 0 Å². The molecule has 1 atom stereocenters. The highest BCUT2D eigenvalue weighted by Crippen LogP contribution is 2.18. The molecule has 0 amide bonds. The maximum atomic E-state index is 11.7. The maximum absolute atomic E-state index is 11.7. The van der Waals surface area contributed by atoms with Gasteiger partial charge in [-0.25, -0.2) is 13.1 Å². The van der Waals surface area contributed by atoms with Crippen LogP contribution in [0.1, 0.15) is 52.4 Å². The molecule has 0 bridgehead atoms. The molecular weight excluding hydrogens is 236 g/mol. The third-order valence-corrected chi connectivity index (χ3v) is 4.56. The van der Waals surface area contributed by atoms with Crippen LogP contribution in [0.2, 0.25) is 0 Å². The fourth-order valence-electron chi connectivity index (χ4n) is 1.79. The van der Waals surface area contributed by atoms with E-state index < -0.39 is 10.0 Å². The van der Waals surface area contributed by atoms with Gasteiger partial charge in [0.2, 0.25) is 10.0 Å². The molecule has 1 saturated carbocycles. The average molecular weight is 262 g/mol. The normalized spacial score (nSPS) is 18.2. The Hall–Kier alpha value is -0.130. The van der Waals surface area contributed by atoms with Crippen LogP contribution in [0.25, 0.3) is 0 Å². The molecule has 0 saturated heterocycles. The van der Waals surface area contributed by atoms with Crippen molar-refractivity contribution < 1.29 is 8.42 Å². The summed E-state index contributed by atoms with van der Waals surface area (Å²) in [7, 11) is -3.08. The highest BCUT2D eigenvalue weighted by molar-refractivity contribution is 7.89. The molecule has 1 aliphatic carbocycles. The summed E-state index contributed by atoms with van der Waals surface area (Å²) in [5.74, 6) is 0.239. The summed E-state index contributed by atoms with van der Waals surface area (Å²) < 4.78 is 26.2. The molecule has 1 unspecified atom stereocenters. The Bertz CT molecular complexity index is 300. The molecule has 1 fully saturated rings. The van der Waals surface area contributed by atoms with Crippen molar-refractivity contribution in [2.75, 3.05) is 12.3 Å². The number of hydrogen-bond acceptors (Lipinski definition) is 3. The lowest BCUT2D eigenvalue weighted by Crippen LogP contribution is -2.35. The fourth-order valence-corrected chi connectivity index (χ4v) is 3.16. The van der Waals surface area contributed by atoms with E-state index in [4.69, 9.17) is 0 Å². The Morgan fingerprint density at radius 1 is 1.29 bits per heavy atom. The molecular formula is C12H26N2O2S. The summed E-state index contributed by atoms with van der Waals surface area (Å²) in [6.45, 7) is 4.87. The summed E-state index contributed by atoms with van der Waals surface area (Å²) in [6.07, 6.45) is 6.31. The Morgan fingerprint density at radius 3 is 2.59 bits per heavy atom. The molecule has 0 aliphatic heterocycles. The summed E-state index contributed by atoms with van der Waals surface area (Å²) in [4.78, 5) is 0. The lowest BCUT2D eigenvalue weighted by atomic mass is 10.2.